The second-order valence-corrected chi connectivity index (χ2v) is 6.17. The number of carbonyl (C=O) groups excluding carboxylic acids is 1. The van der Waals surface area contributed by atoms with E-state index in [1.807, 2.05) is 38.1 Å². The van der Waals surface area contributed by atoms with Gasteiger partial charge in [-0.25, -0.2) is 0 Å². The van der Waals surface area contributed by atoms with Crippen molar-refractivity contribution in [1.82, 2.24) is 5.32 Å². The van der Waals surface area contributed by atoms with Crippen LogP contribution in [-0.2, 0) is 0 Å². The summed E-state index contributed by atoms with van der Waals surface area (Å²) in [5.74, 6) is 0.564. The van der Waals surface area contributed by atoms with Crippen LogP contribution in [0.1, 0.15) is 29.3 Å². The summed E-state index contributed by atoms with van der Waals surface area (Å²) in [4.78, 5) is 12.3. The maximum atomic E-state index is 12.3. The van der Waals surface area contributed by atoms with Crippen LogP contribution < -0.4 is 10.1 Å². The summed E-state index contributed by atoms with van der Waals surface area (Å²) >= 11 is 11.9. The summed E-state index contributed by atoms with van der Waals surface area (Å²) in [6.07, 6.45) is 0.753. The number of nitrogens with one attached hydrogen (secondary N) is 1. The quantitative estimate of drug-likeness (QED) is 0.804. The van der Waals surface area contributed by atoms with Gasteiger partial charge >= 0.3 is 0 Å². The second-order valence-electron chi connectivity index (χ2n) is 5.33. The van der Waals surface area contributed by atoms with Crippen molar-refractivity contribution in [2.24, 2.45) is 0 Å². The maximum Gasteiger partial charge on any atom is 0.253 e. The van der Waals surface area contributed by atoms with E-state index in [9.17, 15) is 4.79 Å². The molecule has 122 valence electrons. The van der Waals surface area contributed by atoms with Crippen LogP contribution in [0.3, 0.4) is 0 Å². The Hall–Kier alpha value is -1.71. The number of hydrogen-bond donors (Lipinski definition) is 1. The number of carbonyl (C=O) groups is 1. The van der Waals surface area contributed by atoms with Crippen molar-refractivity contribution in [3.05, 3.63) is 63.6 Å². The highest BCUT2D eigenvalue weighted by Crippen LogP contribution is 2.21. The molecule has 0 spiro atoms. The molecule has 0 saturated carbocycles. The monoisotopic (exact) mass is 351 g/mol. The van der Waals surface area contributed by atoms with Gasteiger partial charge in [-0.2, -0.15) is 0 Å². The summed E-state index contributed by atoms with van der Waals surface area (Å²) < 4.78 is 5.76. The lowest BCUT2D eigenvalue weighted by atomic mass is 10.1. The normalized spacial score (nSPS) is 11.8. The summed E-state index contributed by atoms with van der Waals surface area (Å²) in [6.45, 7) is 4.40. The van der Waals surface area contributed by atoms with Gasteiger partial charge in [-0.3, -0.25) is 4.79 Å². The van der Waals surface area contributed by atoms with Crippen LogP contribution >= 0.6 is 23.2 Å². The average molecular weight is 352 g/mol. The van der Waals surface area contributed by atoms with E-state index >= 15 is 0 Å². The molecule has 3 nitrogen and oxygen atoms in total. The van der Waals surface area contributed by atoms with Crippen LogP contribution in [0.4, 0.5) is 0 Å². The third-order valence-electron chi connectivity index (χ3n) is 3.44. The van der Waals surface area contributed by atoms with Gasteiger partial charge in [-0.1, -0.05) is 42.3 Å². The summed E-state index contributed by atoms with van der Waals surface area (Å²) in [5.41, 5.74) is 1.54. The predicted octanol–water partition coefficient (Wildman–Crippen LogP) is 4.89. The molecule has 0 aliphatic rings. The van der Waals surface area contributed by atoms with Crippen LogP contribution in [0, 0.1) is 6.92 Å². The lowest BCUT2D eigenvalue weighted by Crippen LogP contribution is -2.38. The zero-order chi connectivity index (χ0) is 16.8. The molecule has 5 heteroatoms. The molecule has 2 rings (SSSR count). The first-order valence-corrected chi connectivity index (χ1v) is 8.20. The Morgan fingerprint density at radius 1 is 1.22 bits per heavy atom. The Morgan fingerprint density at radius 3 is 2.65 bits per heavy atom. The molecule has 0 aliphatic carbocycles. The van der Waals surface area contributed by atoms with Gasteiger partial charge in [0.2, 0.25) is 0 Å². The first kappa shape index (κ1) is 17.6. The van der Waals surface area contributed by atoms with Crippen LogP contribution in [0.25, 0.3) is 0 Å². The Morgan fingerprint density at radius 2 is 2.00 bits per heavy atom. The minimum absolute atomic E-state index is 0.102. The zero-order valence-electron chi connectivity index (χ0n) is 13.1. The molecule has 23 heavy (non-hydrogen) atoms. The molecule has 0 unspecified atom stereocenters. The van der Waals surface area contributed by atoms with Gasteiger partial charge in [0, 0.05) is 5.02 Å². The molecule has 0 aromatic heterocycles. The minimum atomic E-state index is -0.230. The fourth-order valence-corrected chi connectivity index (χ4v) is 2.59. The second kappa shape index (κ2) is 8.23. The van der Waals surface area contributed by atoms with E-state index in [2.05, 4.69) is 5.32 Å². The van der Waals surface area contributed by atoms with Gasteiger partial charge < -0.3 is 10.1 Å². The van der Waals surface area contributed by atoms with Crippen LogP contribution in [0.2, 0.25) is 10.0 Å². The van der Waals surface area contributed by atoms with Gasteiger partial charge in [0.15, 0.2) is 0 Å². The molecule has 0 heterocycles. The Bertz CT molecular complexity index is 688. The van der Waals surface area contributed by atoms with Crippen molar-refractivity contribution < 1.29 is 9.53 Å². The van der Waals surface area contributed by atoms with Crippen molar-refractivity contribution in [2.75, 3.05) is 6.61 Å². The molecule has 1 amide bonds. The summed E-state index contributed by atoms with van der Waals surface area (Å²) in [5, 5.41) is 3.78. The van der Waals surface area contributed by atoms with Crippen molar-refractivity contribution in [3.8, 4) is 5.75 Å². The molecule has 2 aromatic rings. The average Bonchev–Trinajstić information content (AvgIpc) is 2.51. The van der Waals surface area contributed by atoms with E-state index in [1.165, 1.54) is 0 Å². The number of amides is 1. The van der Waals surface area contributed by atoms with Crippen LogP contribution in [0.5, 0.6) is 5.75 Å². The Kier molecular flexibility index (Phi) is 6.31. The molecule has 0 fully saturated rings. The highest BCUT2D eigenvalue weighted by atomic mass is 35.5. The van der Waals surface area contributed by atoms with E-state index in [1.54, 1.807) is 18.2 Å². The number of rotatable bonds is 6. The molecule has 0 radical (unpaired) electrons. The fraction of sp³-hybridized carbons (Fsp3) is 0.278. The highest BCUT2D eigenvalue weighted by Gasteiger charge is 2.15. The Labute approximate surface area is 146 Å². The Balaban J connectivity index is 1.97. The highest BCUT2D eigenvalue weighted by molar-refractivity contribution is 6.36. The van der Waals surface area contributed by atoms with Crippen LogP contribution in [0.15, 0.2) is 42.5 Å². The fourth-order valence-electron chi connectivity index (χ4n) is 2.10. The smallest absolute Gasteiger partial charge is 0.253 e. The van der Waals surface area contributed by atoms with Gasteiger partial charge in [-0.05, 0) is 49.2 Å². The van der Waals surface area contributed by atoms with E-state index in [4.69, 9.17) is 27.9 Å². The molecule has 1 N–H and O–H groups in total. The van der Waals surface area contributed by atoms with Crippen molar-refractivity contribution in [3.63, 3.8) is 0 Å². The molecule has 0 aliphatic heterocycles. The van der Waals surface area contributed by atoms with Crippen LogP contribution in [-0.4, -0.2) is 18.6 Å². The molecule has 0 saturated heterocycles. The predicted molar refractivity (Wildman–Crippen MR) is 94.7 cm³/mol. The van der Waals surface area contributed by atoms with Crippen molar-refractivity contribution in [1.29, 1.82) is 0 Å². The summed E-state index contributed by atoms with van der Waals surface area (Å²) in [7, 11) is 0. The lowest BCUT2D eigenvalue weighted by Gasteiger charge is -2.18. The van der Waals surface area contributed by atoms with Gasteiger partial charge in [0.05, 0.1) is 16.6 Å². The minimum Gasteiger partial charge on any atom is -0.491 e. The molecule has 1 atom stereocenters. The molecule has 2 aromatic carbocycles. The number of halogens is 2. The summed E-state index contributed by atoms with van der Waals surface area (Å²) in [6, 6.07) is 12.5. The third-order valence-corrected chi connectivity index (χ3v) is 3.99. The number of benzene rings is 2. The first-order valence-electron chi connectivity index (χ1n) is 7.45. The van der Waals surface area contributed by atoms with Gasteiger partial charge in [-0.15, -0.1) is 0 Å². The van der Waals surface area contributed by atoms with E-state index in [0.29, 0.717) is 22.2 Å². The van der Waals surface area contributed by atoms with E-state index < -0.39 is 0 Å². The maximum absolute atomic E-state index is 12.3. The lowest BCUT2D eigenvalue weighted by molar-refractivity contribution is 0.0920. The SMILES string of the molecule is CC[C@@H](COc1cccc(C)c1)NC(=O)c1ccc(Cl)cc1Cl. The largest absolute Gasteiger partial charge is 0.491 e. The third kappa shape index (κ3) is 5.15. The van der Waals surface area contributed by atoms with Crippen molar-refractivity contribution >= 4 is 29.1 Å². The van der Waals surface area contributed by atoms with E-state index in [-0.39, 0.29) is 11.9 Å². The standard InChI is InChI=1S/C18H19Cl2NO2/c1-3-14(11-23-15-6-4-5-12(2)9-15)21-18(22)16-8-7-13(19)10-17(16)20/h4-10,14H,3,11H2,1-2H3,(H,21,22)/t14-/m0/s1. The van der Waals surface area contributed by atoms with E-state index in [0.717, 1.165) is 17.7 Å². The molecule has 0 bridgehead atoms. The number of aryl methyl sites for hydroxylation is 1. The number of hydrogen-bond acceptors (Lipinski definition) is 2. The van der Waals surface area contributed by atoms with Gasteiger partial charge in [0.25, 0.3) is 5.91 Å². The topological polar surface area (TPSA) is 38.3 Å². The van der Waals surface area contributed by atoms with Crippen molar-refractivity contribution in [2.45, 2.75) is 26.3 Å². The first-order chi connectivity index (χ1) is 11.0. The molecular formula is C18H19Cl2NO2. The number of ether oxygens (including phenoxy) is 1. The zero-order valence-corrected chi connectivity index (χ0v) is 14.6. The molecular weight excluding hydrogens is 333 g/mol. The van der Waals surface area contributed by atoms with Gasteiger partial charge in [0.1, 0.15) is 12.4 Å².